The summed E-state index contributed by atoms with van der Waals surface area (Å²) in [5, 5.41) is -3.71. The molecule has 8 aromatic carbocycles. The van der Waals surface area contributed by atoms with Crippen molar-refractivity contribution in [2.75, 3.05) is 0 Å². The van der Waals surface area contributed by atoms with Gasteiger partial charge in [0.25, 0.3) is 0 Å². The molecule has 0 aliphatic heterocycles. The van der Waals surface area contributed by atoms with Crippen molar-refractivity contribution in [1.82, 2.24) is 13.7 Å². The number of para-hydroxylation sites is 6. The fourth-order valence-electron chi connectivity index (χ4n) is 6.35. The zero-order chi connectivity index (χ0) is 60.4. The first-order valence-corrected chi connectivity index (χ1v) is 15.0. The van der Waals surface area contributed by atoms with Gasteiger partial charge < -0.3 is 13.7 Å². The predicted molar refractivity (Wildman–Crippen MR) is 215 cm³/mol. The molecule has 0 aliphatic carbocycles. The molecule has 0 bridgehead atoms. The fourth-order valence-corrected chi connectivity index (χ4v) is 6.35. The van der Waals surface area contributed by atoms with Crippen LogP contribution in [0.2, 0.25) is 0 Å². The maximum atomic E-state index is 10.2. The summed E-state index contributed by atoms with van der Waals surface area (Å²) < 4.78 is 284. The van der Waals surface area contributed by atoms with Crippen LogP contribution in [0, 0.1) is 0 Å². The largest absolute Gasteiger partial charge is 0.309 e. The van der Waals surface area contributed by atoms with Crippen LogP contribution in [0.4, 0.5) is 0 Å². The van der Waals surface area contributed by atoms with E-state index in [0.717, 1.165) is 0 Å². The molecule has 238 valence electrons. The van der Waals surface area contributed by atoms with E-state index in [-0.39, 0.29) is 0 Å². The van der Waals surface area contributed by atoms with Gasteiger partial charge in [0.05, 0.1) is 81.3 Å². The molecular weight excluding hydrogens is 619 g/mol. The summed E-state index contributed by atoms with van der Waals surface area (Å²) in [6.45, 7) is 0. The van der Waals surface area contributed by atoms with Crippen LogP contribution >= 0.6 is 0 Å². The quantitative estimate of drug-likeness (QED) is 0.176. The lowest BCUT2D eigenvalue weighted by atomic mass is 10.0. The molecule has 0 fully saturated rings. The standard InChI is InChI=1S/C48H31N3/c1-2-14-33(15-3-1)49-44-23-11-8-20-39(44)41-31-34(27-29-47(41)49)50-43-22-10-5-19-38(43)40-28-26-32(30-48(40)50)35-16-4-9-21-42(35)51-45-24-12-6-17-36(45)37-18-7-13-25-46(37)51/h1-31H/i1D,2D,3D,4D,5D,6D,7D,8D,9D,10D,11D,12D,13D,14D,15D,16D,17D,18D,19D,20D,21D,22D,23D,24D,25D,26D,27D,28D,29D,30D,31D. The van der Waals surface area contributed by atoms with Crippen molar-refractivity contribution in [3.63, 3.8) is 0 Å². The van der Waals surface area contributed by atoms with Crippen molar-refractivity contribution < 1.29 is 42.5 Å². The van der Waals surface area contributed by atoms with Crippen LogP contribution in [0.1, 0.15) is 42.5 Å². The molecule has 3 heterocycles. The molecule has 0 spiro atoms. The maximum absolute atomic E-state index is 10.2. The van der Waals surface area contributed by atoms with Crippen LogP contribution < -0.4 is 0 Å². The Labute approximate surface area is 338 Å². The SMILES string of the molecule is [2H]c1c([2H])c([2H])c(-n2c3c([2H])c([2H])c([2H])c([2H])c3c3c([2H])c(-n4c5c([2H])c([2H])c([2H])c([2H])c5c5c([2H])c([2H])c(-c6c([2H])c([2H])c([2H])c([2H])c6-n6c7c([2H])c([2H])c([2H])c([2H])c7c7c([2H])c([2H])c([2H])c([2H])c76)c([2H])c54)c([2H])c([2H])c32)c([2H])c1[2H]. The first kappa shape index (κ1) is 11.3. The van der Waals surface area contributed by atoms with Crippen LogP contribution in [0.3, 0.4) is 0 Å². The second-order valence-corrected chi connectivity index (χ2v) is 11.0. The minimum absolute atomic E-state index is 0.547. The van der Waals surface area contributed by atoms with Gasteiger partial charge in [-0.25, -0.2) is 0 Å². The molecule has 11 rings (SSSR count). The average Bonchev–Trinajstić information content (AvgIpc) is 2.34. The minimum Gasteiger partial charge on any atom is -0.309 e. The van der Waals surface area contributed by atoms with E-state index < -0.39 is 281 Å². The summed E-state index contributed by atoms with van der Waals surface area (Å²) in [7, 11) is 0. The highest BCUT2D eigenvalue weighted by Crippen LogP contribution is 2.40. The second kappa shape index (κ2) is 10.8. The third-order valence-electron chi connectivity index (χ3n) is 8.41. The zero-order valence-corrected chi connectivity index (χ0v) is 25.3. The van der Waals surface area contributed by atoms with E-state index in [1.54, 1.807) is 0 Å². The molecule has 3 aromatic heterocycles. The summed E-state index contributed by atoms with van der Waals surface area (Å²) >= 11 is 0. The Bertz CT molecular complexity index is 4830. The summed E-state index contributed by atoms with van der Waals surface area (Å²) in [5.41, 5.74) is -8.74. The fraction of sp³-hybridized carbons (Fsp3) is 0. The molecule has 0 amide bonds. The predicted octanol–water partition coefficient (Wildman–Crippen LogP) is 12.6. The lowest BCUT2D eigenvalue weighted by Gasteiger charge is -2.15. The number of hydrogen-bond acceptors (Lipinski definition) is 0. The van der Waals surface area contributed by atoms with Gasteiger partial charge in [-0.2, -0.15) is 0 Å². The Morgan fingerprint density at radius 2 is 0.765 bits per heavy atom. The highest BCUT2D eigenvalue weighted by Gasteiger charge is 2.19. The van der Waals surface area contributed by atoms with E-state index in [1.165, 1.54) is 0 Å². The number of aromatic nitrogens is 3. The zero-order valence-electron chi connectivity index (χ0n) is 56.3. The molecule has 3 heteroatoms. The molecular formula is C48H31N3. The third-order valence-corrected chi connectivity index (χ3v) is 8.41. The Morgan fingerprint density at radius 1 is 0.294 bits per heavy atom. The van der Waals surface area contributed by atoms with Gasteiger partial charge >= 0.3 is 0 Å². The highest BCUT2D eigenvalue weighted by molar-refractivity contribution is 6.13. The Kier molecular flexibility index (Phi) is 2.41. The van der Waals surface area contributed by atoms with E-state index in [2.05, 4.69) is 0 Å². The summed E-state index contributed by atoms with van der Waals surface area (Å²) in [4.78, 5) is 0. The highest BCUT2D eigenvalue weighted by atomic mass is 15.0. The lowest BCUT2D eigenvalue weighted by Crippen LogP contribution is -1.98. The average molecular weight is 681 g/mol. The molecule has 0 saturated heterocycles. The van der Waals surface area contributed by atoms with Crippen LogP contribution in [0.25, 0.3) is 93.6 Å². The Hall–Kier alpha value is -6.84. The third kappa shape index (κ3) is 4.06. The maximum Gasteiger partial charge on any atom is 0.0652 e. The van der Waals surface area contributed by atoms with Gasteiger partial charge in [0, 0.05) is 49.3 Å². The first-order valence-electron chi connectivity index (χ1n) is 30.5. The summed E-state index contributed by atoms with van der Waals surface area (Å²) in [6, 6.07) is -30.1. The van der Waals surface area contributed by atoms with Gasteiger partial charge in [0.1, 0.15) is 0 Å². The number of benzene rings is 8. The van der Waals surface area contributed by atoms with Gasteiger partial charge in [0.15, 0.2) is 0 Å². The molecule has 0 saturated carbocycles. The van der Waals surface area contributed by atoms with E-state index in [4.69, 9.17) is 27.4 Å². The van der Waals surface area contributed by atoms with Crippen LogP contribution in [-0.2, 0) is 0 Å². The second-order valence-electron chi connectivity index (χ2n) is 11.0. The number of rotatable bonds is 4. The van der Waals surface area contributed by atoms with Crippen molar-refractivity contribution in [2.24, 2.45) is 0 Å². The smallest absolute Gasteiger partial charge is 0.0652 e. The number of nitrogens with zero attached hydrogens (tertiary/aromatic N) is 3. The van der Waals surface area contributed by atoms with Gasteiger partial charge in [-0.15, -0.1) is 0 Å². The monoisotopic (exact) mass is 680 g/mol. The number of hydrogen-bond donors (Lipinski definition) is 0. The molecule has 11 aromatic rings. The summed E-state index contributed by atoms with van der Waals surface area (Å²) in [6.07, 6.45) is 0. The first-order chi connectivity index (χ1) is 38.2. The van der Waals surface area contributed by atoms with Crippen molar-refractivity contribution in [3.05, 3.63) is 187 Å². The molecule has 0 aliphatic rings. The van der Waals surface area contributed by atoms with Crippen molar-refractivity contribution in [3.8, 4) is 28.2 Å². The topological polar surface area (TPSA) is 14.8 Å². The molecule has 51 heavy (non-hydrogen) atoms. The Morgan fingerprint density at radius 3 is 1.41 bits per heavy atom. The van der Waals surface area contributed by atoms with E-state index in [0.29, 0.717) is 13.7 Å². The normalized spacial score (nSPS) is 20.4. The molecule has 3 nitrogen and oxygen atoms in total. The number of fused-ring (bicyclic) bond motifs is 9. The lowest BCUT2D eigenvalue weighted by molar-refractivity contribution is 1.16. The minimum atomic E-state index is -1.12. The van der Waals surface area contributed by atoms with Crippen LogP contribution in [0.15, 0.2) is 187 Å². The molecule has 0 atom stereocenters. The Balaban J connectivity index is 1.42. The van der Waals surface area contributed by atoms with Crippen LogP contribution in [0.5, 0.6) is 0 Å². The van der Waals surface area contributed by atoms with Gasteiger partial charge in [0.2, 0.25) is 0 Å². The molecule has 0 radical (unpaired) electrons. The van der Waals surface area contributed by atoms with E-state index in [9.17, 15) is 15.1 Å². The van der Waals surface area contributed by atoms with Crippen molar-refractivity contribution in [2.45, 2.75) is 0 Å². The molecule has 0 unspecified atom stereocenters. The van der Waals surface area contributed by atoms with Gasteiger partial charge in [-0.3, -0.25) is 0 Å². The molecule has 0 N–H and O–H groups in total. The van der Waals surface area contributed by atoms with Crippen LogP contribution in [-0.4, -0.2) is 13.7 Å². The van der Waals surface area contributed by atoms with E-state index in [1.807, 2.05) is 0 Å². The van der Waals surface area contributed by atoms with Gasteiger partial charge in [-0.05, 0) is 72.0 Å². The van der Waals surface area contributed by atoms with E-state index >= 15 is 0 Å². The van der Waals surface area contributed by atoms with Gasteiger partial charge in [-0.1, -0.05) is 121 Å². The van der Waals surface area contributed by atoms with Crippen molar-refractivity contribution in [1.29, 1.82) is 0 Å². The summed E-state index contributed by atoms with van der Waals surface area (Å²) in [5.74, 6) is 0. The van der Waals surface area contributed by atoms with Crippen molar-refractivity contribution >= 4 is 65.4 Å².